The van der Waals surface area contributed by atoms with Gasteiger partial charge in [0, 0.05) is 36.5 Å². The van der Waals surface area contributed by atoms with Crippen molar-refractivity contribution in [2.24, 2.45) is 0 Å². The minimum Gasteiger partial charge on any atom is -0.372 e. The molecule has 1 heterocycles. The van der Waals surface area contributed by atoms with E-state index in [1.807, 2.05) is 24.3 Å². The summed E-state index contributed by atoms with van der Waals surface area (Å²) in [5.74, 6) is -0.110. The first-order chi connectivity index (χ1) is 16.6. The molecule has 3 aromatic carbocycles. The van der Waals surface area contributed by atoms with Gasteiger partial charge in [0.15, 0.2) is 5.78 Å². The number of carbonyl (C=O) groups excluding carboxylic acids is 1. The van der Waals surface area contributed by atoms with E-state index in [0.717, 1.165) is 46.9 Å². The molecule has 5 heteroatoms. The van der Waals surface area contributed by atoms with Crippen LogP contribution in [-0.2, 0) is 4.79 Å². The molecule has 174 valence electrons. The lowest BCUT2D eigenvalue weighted by Gasteiger charge is -2.30. The van der Waals surface area contributed by atoms with Crippen molar-refractivity contribution >= 4 is 22.8 Å². The van der Waals surface area contributed by atoms with Crippen LogP contribution in [0.15, 0.2) is 84.1 Å². The first-order valence-electron chi connectivity index (χ1n) is 12.1. The average Bonchev–Trinajstić information content (AvgIpc) is 3.02. The van der Waals surface area contributed by atoms with Crippen molar-refractivity contribution in [3.8, 4) is 0 Å². The molecular weight excluding hydrogens is 425 g/mol. The van der Waals surface area contributed by atoms with E-state index in [1.165, 1.54) is 17.8 Å². The lowest BCUT2D eigenvalue weighted by molar-refractivity contribution is -0.116. The molecule has 0 bridgehead atoms. The summed E-state index contributed by atoms with van der Waals surface area (Å²) in [6.45, 7) is 6.21. The fourth-order valence-corrected chi connectivity index (χ4v) is 5.18. The number of hydrogen-bond donors (Lipinski definition) is 2. The maximum atomic E-state index is 13.6. The largest absolute Gasteiger partial charge is 0.372 e. The van der Waals surface area contributed by atoms with E-state index in [2.05, 4.69) is 53.6 Å². The molecule has 1 aliphatic heterocycles. The van der Waals surface area contributed by atoms with E-state index in [1.54, 1.807) is 12.1 Å². The molecule has 0 amide bonds. The van der Waals surface area contributed by atoms with E-state index >= 15 is 0 Å². The summed E-state index contributed by atoms with van der Waals surface area (Å²) in [6.07, 6.45) is 1.12. The number of Topliss-reactive ketones (excluding diaryl/α,β-unsaturated/α-hetero) is 1. The normalized spacial score (nSPS) is 19.4. The molecule has 1 aliphatic carbocycles. The molecule has 5 rings (SSSR count). The van der Waals surface area contributed by atoms with Gasteiger partial charge >= 0.3 is 0 Å². The zero-order valence-corrected chi connectivity index (χ0v) is 19.6. The van der Waals surface area contributed by atoms with E-state index in [-0.39, 0.29) is 23.6 Å². The molecular formula is C29H30FN3O. The molecule has 0 spiro atoms. The maximum Gasteiger partial charge on any atom is 0.163 e. The van der Waals surface area contributed by atoms with Crippen LogP contribution in [-0.4, -0.2) is 18.9 Å². The van der Waals surface area contributed by atoms with Gasteiger partial charge in [0.2, 0.25) is 0 Å². The van der Waals surface area contributed by atoms with Crippen LogP contribution in [0.25, 0.3) is 0 Å². The zero-order valence-electron chi connectivity index (χ0n) is 19.6. The second-order valence-corrected chi connectivity index (χ2v) is 8.98. The van der Waals surface area contributed by atoms with Gasteiger partial charge in [0.1, 0.15) is 5.82 Å². The smallest absolute Gasteiger partial charge is 0.163 e. The predicted molar refractivity (Wildman–Crippen MR) is 137 cm³/mol. The van der Waals surface area contributed by atoms with Gasteiger partial charge in [-0.25, -0.2) is 4.39 Å². The lowest BCUT2D eigenvalue weighted by atomic mass is 9.78. The minimum atomic E-state index is -0.260. The number of allylic oxidation sites excluding steroid dienone is 1. The molecule has 0 fully saturated rings. The SMILES string of the molecule is CCN(CC)c1ccc([C@@H]2Nc3ccccc3NC3=C2C(=O)C[C@H](c2ccc(F)cc2)C3)cc1. The third kappa shape index (κ3) is 4.18. The molecule has 34 heavy (non-hydrogen) atoms. The predicted octanol–water partition coefficient (Wildman–Crippen LogP) is 6.65. The molecule has 2 N–H and O–H groups in total. The number of halogens is 1. The summed E-state index contributed by atoms with van der Waals surface area (Å²) < 4.78 is 13.5. The molecule has 0 unspecified atom stereocenters. The van der Waals surface area contributed by atoms with Gasteiger partial charge in [-0.1, -0.05) is 36.4 Å². The Hall–Kier alpha value is -3.60. The first kappa shape index (κ1) is 22.2. The molecule has 2 atom stereocenters. The van der Waals surface area contributed by atoms with Gasteiger partial charge in [0.25, 0.3) is 0 Å². The second kappa shape index (κ2) is 9.34. The summed E-state index contributed by atoms with van der Waals surface area (Å²) in [4.78, 5) is 15.9. The second-order valence-electron chi connectivity index (χ2n) is 8.98. The zero-order chi connectivity index (χ0) is 23.7. The Labute approximate surface area is 200 Å². The quantitative estimate of drug-likeness (QED) is 0.452. The van der Waals surface area contributed by atoms with Gasteiger partial charge in [-0.15, -0.1) is 0 Å². The van der Waals surface area contributed by atoms with Crippen LogP contribution in [0, 0.1) is 5.82 Å². The number of para-hydroxylation sites is 2. The highest BCUT2D eigenvalue weighted by Crippen LogP contribution is 2.44. The molecule has 0 saturated heterocycles. The molecule has 2 aliphatic rings. The van der Waals surface area contributed by atoms with Crippen LogP contribution in [0.5, 0.6) is 0 Å². The highest BCUT2D eigenvalue weighted by Gasteiger charge is 2.36. The fourth-order valence-electron chi connectivity index (χ4n) is 5.18. The number of carbonyl (C=O) groups is 1. The van der Waals surface area contributed by atoms with Gasteiger partial charge in [-0.2, -0.15) is 0 Å². The average molecular weight is 456 g/mol. The third-order valence-corrected chi connectivity index (χ3v) is 7.01. The molecule has 0 saturated carbocycles. The van der Waals surface area contributed by atoms with Crippen LogP contribution in [0.3, 0.4) is 0 Å². The van der Waals surface area contributed by atoms with E-state index in [4.69, 9.17) is 0 Å². The Morgan fingerprint density at radius 3 is 2.18 bits per heavy atom. The highest BCUT2D eigenvalue weighted by molar-refractivity contribution is 6.01. The van der Waals surface area contributed by atoms with Crippen molar-refractivity contribution < 1.29 is 9.18 Å². The topological polar surface area (TPSA) is 44.4 Å². The Kier molecular flexibility index (Phi) is 6.10. The van der Waals surface area contributed by atoms with E-state index in [0.29, 0.717) is 12.8 Å². The fraction of sp³-hybridized carbons (Fsp3) is 0.276. The molecule has 0 radical (unpaired) electrons. The van der Waals surface area contributed by atoms with Crippen LogP contribution in [0.4, 0.5) is 21.5 Å². The van der Waals surface area contributed by atoms with Crippen molar-refractivity contribution in [2.45, 2.75) is 38.6 Å². The van der Waals surface area contributed by atoms with Crippen LogP contribution < -0.4 is 15.5 Å². The summed E-state index contributed by atoms with van der Waals surface area (Å²) in [6, 6.07) is 22.9. The lowest BCUT2D eigenvalue weighted by Crippen LogP contribution is -2.27. The maximum absolute atomic E-state index is 13.6. The number of fused-ring (bicyclic) bond motifs is 1. The van der Waals surface area contributed by atoms with E-state index < -0.39 is 0 Å². The van der Waals surface area contributed by atoms with Crippen LogP contribution in [0.2, 0.25) is 0 Å². The van der Waals surface area contributed by atoms with Crippen molar-refractivity contribution in [1.82, 2.24) is 0 Å². The number of anilines is 3. The highest BCUT2D eigenvalue weighted by atomic mass is 19.1. The Morgan fingerprint density at radius 1 is 0.853 bits per heavy atom. The monoisotopic (exact) mass is 455 g/mol. The van der Waals surface area contributed by atoms with Gasteiger partial charge in [0.05, 0.1) is 17.4 Å². The molecule has 0 aromatic heterocycles. The number of nitrogens with zero attached hydrogens (tertiary/aromatic N) is 1. The van der Waals surface area contributed by atoms with Gasteiger partial charge in [-0.05, 0) is 73.7 Å². The standard InChI is InChI=1S/C29H30FN3O/c1-3-33(4-2)23-15-11-20(12-16-23)29-28-26(31-24-7-5-6-8-25(24)32-29)17-21(18-27(28)34)19-9-13-22(30)14-10-19/h5-16,21,29,31-32H,3-4,17-18H2,1-2H3/t21-,29+/m1/s1. The summed E-state index contributed by atoms with van der Waals surface area (Å²) in [5.41, 5.74) is 6.92. The Balaban J connectivity index is 1.55. The molecule has 3 aromatic rings. The first-order valence-corrected chi connectivity index (χ1v) is 12.1. The Bertz CT molecular complexity index is 1210. The van der Waals surface area contributed by atoms with Crippen LogP contribution >= 0.6 is 0 Å². The number of ketones is 1. The van der Waals surface area contributed by atoms with Crippen molar-refractivity contribution in [2.75, 3.05) is 28.6 Å². The minimum absolute atomic E-state index is 0.0234. The van der Waals surface area contributed by atoms with Crippen molar-refractivity contribution in [3.05, 3.63) is 101 Å². The third-order valence-electron chi connectivity index (χ3n) is 7.01. The van der Waals surface area contributed by atoms with Gasteiger partial charge < -0.3 is 15.5 Å². The van der Waals surface area contributed by atoms with Crippen LogP contribution in [0.1, 0.15) is 49.8 Å². The van der Waals surface area contributed by atoms with Gasteiger partial charge in [-0.3, -0.25) is 4.79 Å². The molecule has 4 nitrogen and oxygen atoms in total. The number of benzene rings is 3. The summed E-state index contributed by atoms with van der Waals surface area (Å²) in [5, 5.41) is 7.20. The summed E-state index contributed by atoms with van der Waals surface area (Å²) in [7, 11) is 0. The van der Waals surface area contributed by atoms with Crippen molar-refractivity contribution in [3.63, 3.8) is 0 Å². The number of hydrogen-bond acceptors (Lipinski definition) is 4. The number of nitrogens with one attached hydrogen (secondary N) is 2. The van der Waals surface area contributed by atoms with Crippen molar-refractivity contribution in [1.29, 1.82) is 0 Å². The Morgan fingerprint density at radius 2 is 1.50 bits per heavy atom. The van der Waals surface area contributed by atoms with E-state index in [9.17, 15) is 9.18 Å². The summed E-state index contributed by atoms with van der Waals surface area (Å²) >= 11 is 0. The number of rotatable bonds is 5.